The smallest absolute Gasteiger partial charge is 0.309 e. The minimum atomic E-state index is 0.0617. The van der Waals surface area contributed by atoms with Crippen LogP contribution >= 0.6 is 0 Å². The molecule has 0 bridgehead atoms. The molecule has 2 saturated carbocycles. The maximum absolute atomic E-state index is 12.1. The molecule has 0 amide bonds. The lowest BCUT2D eigenvalue weighted by Crippen LogP contribution is -2.40. The Bertz CT molecular complexity index is 418. The summed E-state index contributed by atoms with van der Waals surface area (Å²) < 4.78 is 5.79. The molecule has 3 aliphatic rings. The molecule has 126 valence electrons. The van der Waals surface area contributed by atoms with Gasteiger partial charge in [0.05, 0.1) is 5.92 Å². The van der Waals surface area contributed by atoms with Crippen LogP contribution in [0.25, 0.3) is 0 Å². The summed E-state index contributed by atoms with van der Waals surface area (Å²) in [4.78, 5) is 12.1. The van der Waals surface area contributed by atoms with E-state index in [0.717, 1.165) is 18.3 Å². The van der Waals surface area contributed by atoms with E-state index in [1.54, 1.807) is 0 Å². The summed E-state index contributed by atoms with van der Waals surface area (Å²) >= 11 is 0. The maximum Gasteiger partial charge on any atom is 0.309 e. The number of hydrogen-bond donors (Lipinski definition) is 0. The van der Waals surface area contributed by atoms with Gasteiger partial charge in [-0.25, -0.2) is 0 Å². The van der Waals surface area contributed by atoms with Crippen LogP contribution in [0.5, 0.6) is 0 Å². The van der Waals surface area contributed by atoms with Gasteiger partial charge in [-0.15, -0.1) is 0 Å². The minimum absolute atomic E-state index is 0.0617. The van der Waals surface area contributed by atoms with Crippen LogP contribution in [0.2, 0.25) is 0 Å². The van der Waals surface area contributed by atoms with Gasteiger partial charge in [0, 0.05) is 5.92 Å². The van der Waals surface area contributed by atoms with Crippen LogP contribution in [0, 0.1) is 35.0 Å². The summed E-state index contributed by atoms with van der Waals surface area (Å²) in [5.41, 5.74) is 0.491. The molecule has 3 fully saturated rings. The number of rotatable bonds is 0. The van der Waals surface area contributed by atoms with Gasteiger partial charge >= 0.3 is 5.97 Å². The number of hydrogen-bond acceptors (Lipinski definition) is 2. The molecule has 0 aromatic heterocycles. The van der Waals surface area contributed by atoms with Crippen molar-refractivity contribution in [1.82, 2.24) is 0 Å². The van der Waals surface area contributed by atoms with Crippen molar-refractivity contribution in [3.8, 4) is 0 Å². The summed E-state index contributed by atoms with van der Waals surface area (Å²) in [5.74, 6) is 2.89. The summed E-state index contributed by atoms with van der Waals surface area (Å²) in [5, 5.41) is 0. The third-order valence-corrected chi connectivity index (χ3v) is 7.35. The fraction of sp³-hybridized carbons (Fsp3) is 0.950. The fourth-order valence-electron chi connectivity index (χ4n) is 5.81. The highest BCUT2D eigenvalue weighted by Gasteiger charge is 2.48. The SMILES string of the molecule is CC1CCCC2(C)CCCC(C)C2CC2C(C1)OC(=O)C2C. The van der Waals surface area contributed by atoms with Gasteiger partial charge in [-0.1, -0.05) is 53.4 Å². The van der Waals surface area contributed by atoms with Crippen molar-refractivity contribution in [1.29, 1.82) is 0 Å². The van der Waals surface area contributed by atoms with Gasteiger partial charge in [0.25, 0.3) is 0 Å². The molecular weight excluding hydrogens is 272 g/mol. The van der Waals surface area contributed by atoms with Crippen LogP contribution in [0.4, 0.5) is 0 Å². The average molecular weight is 306 g/mol. The van der Waals surface area contributed by atoms with Crippen LogP contribution in [0.1, 0.15) is 79.1 Å². The molecular formula is C20H34O2. The number of carbonyl (C=O) groups is 1. The van der Waals surface area contributed by atoms with Crippen molar-refractivity contribution in [2.45, 2.75) is 85.2 Å². The van der Waals surface area contributed by atoms with E-state index in [1.165, 1.54) is 44.9 Å². The Morgan fingerprint density at radius 2 is 1.73 bits per heavy atom. The fourth-order valence-corrected chi connectivity index (χ4v) is 5.81. The number of esters is 1. The molecule has 7 atom stereocenters. The molecule has 2 heteroatoms. The van der Waals surface area contributed by atoms with Crippen LogP contribution in [-0.2, 0) is 9.53 Å². The van der Waals surface area contributed by atoms with Gasteiger partial charge in [0.2, 0.25) is 0 Å². The van der Waals surface area contributed by atoms with Gasteiger partial charge < -0.3 is 4.74 Å². The normalized spacial score (nSPS) is 49.9. The highest BCUT2D eigenvalue weighted by molar-refractivity contribution is 5.74. The van der Waals surface area contributed by atoms with E-state index in [1.807, 2.05) is 0 Å². The Morgan fingerprint density at radius 3 is 2.45 bits per heavy atom. The van der Waals surface area contributed by atoms with Crippen LogP contribution in [0.15, 0.2) is 0 Å². The number of fused-ring (bicyclic) bond motifs is 2. The molecule has 0 aromatic rings. The largest absolute Gasteiger partial charge is 0.462 e. The molecule has 1 saturated heterocycles. The standard InChI is InChI=1S/C20H34O2/c1-13-7-5-9-20(4)10-6-8-14(2)17(20)12-16-15(3)19(21)22-18(16)11-13/h13-18H,5-12H2,1-4H3. The van der Waals surface area contributed by atoms with E-state index in [2.05, 4.69) is 27.7 Å². The molecule has 0 radical (unpaired) electrons. The number of ether oxygens (including phenoxy) is 1. The summed E-state index contributed by atoms with van der Waals surface area (Å²) in [6, 6.07) is 0. The van der Waals surface area contributed by atoms with Gasteiger partial charge in [-0.3, -0.25) is 4.79 Å². The molecule has 2 aliphatic carbocycles. The van der Waals surface area contributed by atoms with E-state index in [9.17, 15) is 4.79 Å². The Morgan fingerprint density at radius 1 is 1.05 bits per heavy atom. The van der Waals surface area contributed by atoms with E-state index in [4.69, 9.17) is 4.74 Å². The van der Waals surface area contributed by atoms with E-state index in [0.29, 0.717) is 17.3 Å². The predicted molar refractivity (Wildman–Crippen MR) is 89.4 cm³/mol. The first-order valence-electron chi connectivity index (χ1n) is 9.61. The Kier molecular flexibility index (Phi) is 4.58. The average Bonchev–Trinajstić information content (AvgIpc) is 2.70. The minimum Gasteiger partial charge on any atom is -0.462 e. The first kappa shape index (κ1) is 16.3. The lowest BCUT2D eigenvalue weighted by atomic mass is 9.57. The highest BCUT2D eigenvalue weighted by Crippen LogP contribution is 2.53. The van der Waals surface area contributed by atoms with Crippen LogP contribution in [-0.4, -0.2) is 12.1 Å². The summed E-state index contributed by atoms with van der Waals surface area (Å²) in [6.07, 6.45) is 10.7. The van der Waals surface area contributed by atoms with Gasteiger partial charge in [0.1, 0.15) is 6.10 Å². The third kappa shape index (κ3) is 2.95. The van der Waals surface area contributed by atoms with Crippen molar-refractivity contribution < 1.29 is 9.53 Å². The monoisotopic (exact) mass is 306 g/mol. The van der Waals surface area contributed by atoms with Crippen molar-refractivity contribution in [3.05, 3.63) is 0 Å². The van der Waals surface area contributed by atoms with Crippen molar-refractivity contribution in [2.75, 3.05) is 0 Å². The second kappa shape index (κ2) is 6.17. The topological polar surface area (TPSA) is 26.3 Å². The Hall–Kier alpha value is -0.530. The van der Waals surface area contributed by atoms with Gasteiger partial charge in [-0.05, 0) is 48.9 Å². The van der Waals surface area contributed by atoms with Crippen molar-refractivity contribution >= 4 is 5.97 Å². The maximum atomic E-state index is 12.1. The van der Waals surface area contributed by atoms with Gasteiger partial charge in [-0.2, -0.15) is 0 Å². The van der Waals surface area contributed by atoms with Crippen LogP contribution < -0.4 is 0 Å². The zero-order valence-electron chi connectivity index (χ0n) is 14.9. The Balaban J connectivity index is 1.87. The molecule has 7 unspecified atom stereocenters. The zero-order valence-corrected chi connectivity index (χ0v) is 14.9. The van der Waals surface area contributed by atoms with Gasteiger partial charge in [0.15, 0.2) is 0 Å². The second-order valence-electron chi connectivity index (χ2n) is 9.03. The van der Waals surface area contributed by atoms with Crippen molar-refractivity contribution in [2.24, 2.45) is 35.0 Å². The quantitative estimate of drug-likeness (QED) is 0.574. The molecule has 3 rings (SSSR count). The van der Waals surface area contributed by atoms with Crippen molar-refractivity contribution in [3.63, 3.8) is 0 Å². The molecule has 1 aliphatic heterocycles. The molecule has 0 aromatic carbocycles. The van der Waals surface area contributed by atoms with Crippen LogP contribution in [0.3, 0.4) is 0 Å². The second-order valence-corrected chi connectivity index (χ2v) is 9.03. The molecule has 22 heavy (non-hydrogen) atoms. The molecule has 1 heterocycles. The molecule has 2 nitrogen and oxygen atoms in total. The lowest BCUT2D eigenvalue weighted by Gasteiger charge is -2.48. The molecule has 0 spiro atoms. The highest BCUT2D eigenvalue weighted by atomic mass is 16.6. The number of carbonyl (C=O) groups excluding carboxylic acids is 1. The third-order valence-electron chi connectivity index (χ3n) is 7.35. The first-order valence-corrected chi connectivity index (χ1v) is 9.61. The van der Waals surface area contributed by atoms with E-state index in [-0.39, 0.29) is 18.0 Å². The van der Waals surface area contributed by atoms with E-state index >= 15 is 0 Å². The summed E-state index contributed by atoms with van der Waals surface area (Å²) in [6.45, 7) is 9.44. The predicted octanol–water partition coefficient (Wildman–Crippen LogP) is 5.21. The first-order chi connectivity index (χ1) is 10.4. The Labute approximate surface area is 136 Å². The summed E-state index contributed by atoms with van der Waals surface area (Å²) in [7, 11) is 0. The zero-order chi connectivity index (χ0) is 15.9. The lowest BCUT2D eigenvalue weighted by molar-refractivity contribution is -0.144. The van der Waals surface area contributed by atoms with E-state index < -0.39 is 0 Å². The molecule has 0 N–H and O–H groups in total.